The van der Waals surface area contributed by atoms with Crippen LogP contribution in [0.25, 0.3) is 54.6 Å². The van der Waals surface area contributed by atoms with E-state index in [2.05, 4.69) is 146 Å². The number of hydrogen-bond acceptors (Lipinski definition) is 1. The number of nitrogens with zero attached hydrogens (tertiary/aromatic N) is 1. The number of rotatable bonds is 2. The molecule has 0 bridgehead atoms. The Balaban J connectivity index is 1.45. The summed E-state index contributed by atoms with van der Waals surface area (Å²) in [5.41, 5.74) is 11.8. The second-order valence-corrected chi connectivity index (χ2v) is 11.1. The molecule has 0 N–H and O–H groups in total. The van der Waals surface area contributed by atoms with Crippen molar-refractivity contribution in [1.29, 1.82) is 0 Å². The number of fused-ring (bicyclic) bond motifs is 5. The standard InChI is InChI=1S/C39H29N/c1-25-18-21-34-35(22-25)38(29-20-19-28-23-27-11-4-8-17-36(27)40(2)37(28)24-29)32-14-6-7-15-33(32)39(34)31-16-9-12-26-10-3-5-13-30(26)31/h3-22,24H,23H2,1-2H3. The molecule has 0 atom stereocenters. The van der Waals surface area contributed by atoms with E-state index < -0.39 is 0 Å². The number of para-hydroxylation sites is 1. The minimum atomic E-state index is 0.969. The van der Waals surface area contributed by atoms with Crippen molar-refractivity contribution in [2.24, 2.45) is 0 Å². The van der Waals surface area contributed by atoms with Crippen LogP contribution in [-0.4, -0.2) is 7.05 Å². The highest BCUT2D eigenvalue weighted by atomic mass is 15.1. The first-order valence-electron chi connectivity index (χ1n) is 14.1. The van der Waals surface area contributed by atoms with E-state index in [4.69, 9.17) is 0 Å². The second kappa shape index (κ2) is 8.83. The minimum absolute atomic E-state index is 0.969. The quantitative estimate of drug-likeness (QED) is 0.209. The van der Waals surface area contributed by atoms with E-state index in [1.54, 1.807) is 0 Å². The zero-order valence-electron chi connectivity index (χ0n) is 22.8. The van der Waals surface area contributed by atoms with Crippen LogP contribution < -0.4 is 4.90 Å². The Hall–Kier alpha value is -4.88. The monoisotopic (exact) mass is 511 g/mol. The molecular formula is C39H29N. The van der Waals surface area contributed by atoms with Crippen molar-refractivity contribution in [3.05, 3.63) is 144 Å². The molecule has 0 saturated carbocycles. The van der Waals surface area contributed by atoms with Crippen LogP contribution in [0.3, 0.4) is 0 Å². The Bertz CT molecular complexity index is 2110. The summed E-state index contributed by atoms with van der Waals surface area (Å²) in [6.45, 7) is 2.20. The van der Waals surface area contributed by atoms with Gasteiger partial charge in [0.2, 0.25) is 0 Å². The van der Waals surface area contributed by atoms with Gasteiger partial charge in [-0.05, 0) is 84.8 Å². The summed E-state index contributed by atoms with van der Waals surface area (Å²) < 4.78 is 0. The highest BCUT2D eigenvalue weighted by molar-refractivity contribution is 6.23. The zero-order valence-corrected chi connectivity index (χ0v) is 22.8. The Labute approximate surface area is 234 Å². The lowest BCUT2D eigenvalue weighted by Gasteiger charge is -2.31. The highest BCUT2D eigenvalue weighted by Crippen LogP contribution is 2.47. The molecule has 1 heteroatoms. The minimum Gasteiger partial charge on any atom is -0.344 e. The predicted molar refractivity (Wildman–Crippen MR) is 172 cm³/mol. The molecule has 8 rings (SSSR count). The smallest absolute Gasteiger partial charge is 0.0450 e. The molecule has 0 spiro atoms. The average Bonchev–Trinajstić information content (AvgIpc) is 3.00. The van der Waals surface area contributed by atoms with Crippen LogP contribution >= 0.6 is 0 Å². The molecule has 7 aromatic carbocycles. The fraction of sp³-hybridized carbons (Fsp3) is 0.0769. The third-order valence-electron chi connectivity index (χ3n) is 8.71. The van der Waals surface area contributed by atoms with Crippen LogP contribution in [0.4, 0.5) is 11.4 Å². The normalized spacial score (nSPS) is 12.6. The molecule has 0 aromatic heterocycles. The SMILES string of the molecule is Cc1ccc2c(-c3cccc4ccccc34)c3ccccc3c(-c3ccc4c(c3)N(C)c3ccccc3C4)c2c1. The summed E-state index contributed by atoms with van der Waals surface area (Å²) in [4.78, 5) is 2.36. The topological polar surface area (TPSA) is 3.24 Å². The molecule has 1 aliphatic rings. The Morgan fingerprint density at radius 1 is 0.500 bits per heavy atom. The highest BCUT2D eigenvalue weighted by Gasteiger charge is 2.22. The molecule has 0 saturated heterocycles. The van der Waals surface area contributed by atoms with Gasteiger partial charge in [-0.15, -0.1) is 0 Å². The lowest BCUT2D eigenvalue weighted by Crippen LogP contribution is -2.18. The summed E-state index contributed by atoms with van der Waals surface area (Å²) in [5.74, 6) is 0. The van der Waals surface area contributed by atoms with Crippen LogP contribution in [0.1, 0.15) is 16.7 Å². The third kappa shape index (κ3) is 3.41. The molecule has 40 heavy (non-hydrogen) atoms. The fourth-order valence-corrected chi connectivity index (χ4v) is 6.84. The molecule has 0 amide bonds. The van der Waals surface area contributed by atoms with Gasteiger partial charge in [-0.2, -0.15) is 0 Å². The molecule has 0 aliphatic carbocycles. The summed E-state index contributed by atoms with van der Waals surface area (Å²) in [5, 5.41) is 7.75. The second-order valence-electron chi connectivity index (χ2n) is 11.1. The van der Waals surface area contributed by atoms with E-state index in [0.29, 0.717) is 0 Å². The number of hydrogen-bond donors (Lipinski definition) is 0. The zero-order chi connectivity index (χ0) is 26.8. The average molecular weight is 512 g/mol. The van der Waals surface area contributed by atoms with Crippen LogP contribution in [0.5, 0.6) is 0 Å². The fourth-order valence-electron chi connectivity index (χ4n) is 6.84. The Morgan fingerprint density at radius 2 is 1.18 bits per heavy atom. The van der Waals surface area contributed by atoms with Crippen molar-refractivity contribution in [3.8, 4) is 22.3 Å². The molecule has 1 nitrogen and oxygen atoms in total. The van der Waals surface area contributed by atoms with Gasteiger partial charge >= 0.3 is 0 Å². The summed E-state index contributed by atoms with van der Waals surface area (Å²) in [6.07, 6.45) is 0.969. The maximum absolute atomic E-state index is 2.41. The van der Waals surface area contributed by atoms with Gasteiger partial charge < -0.3 is 4.90 Å². The first-order valence-corrected chi connectivity index (χ1v) is 14.1. The van der Waals surface area contributed by atoms with Crippen molar-refractivity contribution >= 4 is 43.7 Å². The van der Waals surface area contributed by atoms with E-state index in [1.807, 2.05) is 0 Å². The molecular weight excluding hydrogens is 482 g/mol. The van der Waals surface area contributed by atoms with Crippen molar-refractivity contribution in [3.63, 3.8) is 0 Å². The van der Waals surface area contributed by atoms with Gasteiger partial charge in [-0.25, -0.2) is 0 Å². The van der Waals surface area contributed by atoms with Gasteiger partial charge in [-0.1, -0.05) is 121 Å². The third-order valence-corrected chi connectivity index (χ3v) is 8.71. The Kier molecular flexibility index (Phi) is 5.09. The van der Waals surface area contributed by atoms with Gasteiger partial charge in [0.1, 0.15) is 0 Å². The van der Waals surface area contributed by atoms with Crippen molar-refractivity contribution in [2.75, 3.05) is 11.9 Å². The molecule has 7 aromatic rings. The number of aryl methyl sites for hydroxylation is 1. The molecule has 1 aliphatic heterocycles. The van der Waals surface area contributed by atoms with Crippen molar-refractivity contribution in [1.82, 2.24) is 0 Å². The van der Waals surface area contributed by atoms with Crippen LogP contribution in [0, 0.1) is 6.92 Å². The summed E-state index contributed by atoms with van der Waals surface area (Å²) >= 11 is 0. The largest absolute Gasteiger partial charge is 0.344 e. The molecule has 0 unspecified atom stereocenters. The van der Waals surface area contributed by atoms with E-state index in [9.17, 15) is 0 Å². The van der Waals surface area contributed by atoms with Gasteiger partial charge in [0, 0.05) is 24.8 Å². The van der Waals surface area contributed by atoms with E-state index >= 15 is 0 Å². The van der Waals surface area contributed by atoms with Gasteiger partial charge in [-0.3, -0.25) is 0 Å². The first-order chi connectivity index (χ1) is 19.7. The van der Waals surface area contributed by atoms with E-state index in [-0.39, 0.29) is 0 Å². The first kappa shape index (κ1) is 23.0. The van der Waals surface area contributed by atoms with E-state index in [1.165, 1.54) is 82.6 Å². The van der Waals surface area contributed by atoms with Crippen LogP contribution in [0.15, 0.2) is 127 Å². The molecule has 0 fully saturated rings. The van der Waals surface area contributed by atoms with E-state index in [0.717, 1.165) is 6.42 Å². The van der Waals surface area contributed by atoms with Crippen molar-refractivity contribution in [2.45, 2.75) is 13.3 Å². The lowest BCUT2D eigenvalue weighted by atomic mass is 9.83. The Morgan fingerprint density at radius 3 is 2.05 bits per heavy atom. The van der Waals surface area contributed by atoms with Crippen LogP contribution in [-0.2, 0) is 6.42 Å². The molecule has 0 radical (unpaired) electrons. The number of anilines is 2. The van der Waals surface area contributed by atoms with Gasteiger partial charge in [0.15, 0.2) is 0 Å². The summed E-state index contributed by atoms with van der Waals surface area (Å²) in [6, 6.07) is 47.2. The predicted octanol–water partition coefficient (Wildman–Crippen LogP) is 10.5. The number of benzene rings is 7. The van der Waals surface area contributed by atoms with Gasteiger partial charge in [0.25, 0.3) is 0 Å². The lowest BCUT2D eigenvalue weighted by molar-refractivity contribution is 1.06. The van der Waals surface area contributed by atoms with Gasteiger partial charge in [0.05, 0.1) is 0 Å². The van der Waals surface area contributed by atoms with Crippen molar-refractivity contribution < 1.29 is 0 Å². The molecule has 1 heterocycles. The van der Waals surface area contributed by atoms with Crippen LogP contribution in [0.2, 0.25) is 0 Å². The molecule has 190 valence electrons. The maximum atomic E-state index is 2.41. The maximum Gasteiger partial charge on any atom is 0.0450 e. The summed E-state index contributed by atoms with van der Waals surface area (Å²) in [7, 11) is 2.20.